The van der Waals surface area contributed by atoms with Crippen molar-refractivity contribution in [3.63, 3.8) is 0 Å². The lowest BCUT2D eigenvalue weighted by molar-refractivity contribution is 0.618. The molecule has 2 aromatic rings. The van der Waals surface area contributed by atoms with Gasteiger partial charge in [0.1, 0.15) is 5.82 Å². The molecule has 4 nitrogen and oxygen atoms in total. The van der Waals surface area contributed by atoms with Gasteiger partial charge in [-0.25, -0.2) is 4.39 Å². The number of nitriles is 1. The summed E-state index contributed by atoms with van der Waals surface area (Å²) in [5, 5.41) is 16.0. The smallest absolute Gasteiger partial charge is 0.129 e. The maximum atomic E-state index is 13.5. The van der Waals surface area contributed by atoms with E-state index in [0.29, 0.717) is 23.4 Å². The first-order chi connectivity index (χ1) is 8.60. The third-order valence-electron chi connectivity index (χ3n) is 2.71. The van der Waals surface area contributed by atoms with Gasteiger partial charge >= 0.3 is 0 Å². The molecule has 0 saturated carbocycles. The van der Waals surface area contributed by atoms with E-state index in [1.807, 2.05) is 19.3 Å². The highest BCUT2D eigenvalue weighted by atomic mass is 19.1. The molecule has 0 aliphatic carbocycles. The van der Waals surface area contributed by atoms with Crippen LogP contribution in [-0.2, 0) is 13.6 Å². The maximum absolute atomic E-state index is 13.5. The van der Waals surface area contributed by atoms with Gasteiger partial charge in [0.2, 0.25) is 0 Å². The third kappa shape index (κ3) is 2.48. The summed E-state index contributed by atoms with van der Waals surface area (Å²) in [6.45, 7) is 2.23. The predicted molar refractivity (Wildman–Crippen MR) is 66.4 cm³/mol. The van der Waals surface area contributed by atoms with E-state index in [1.54, 1.807) is 23.9 Å². The van der Waals surface area contributed by atoms with Gasteiger partial charge in [-0.15, -0.1) is 0 Å². The minimum atomic E-state index is -0.372. The topological polar surface area (TPSA) is 53.6 Å². The summed E-state index contributed by atoms with van der Waals surface area (Å²) in [7, 11) is 1.84. The van der Waals surface area contributed by atoms with Crippen LogP contribution in [0.5, 0.6) is 0 Å². The van der Waals surface area contributed by atoms with Crippen molar-refractivity contribution in [2.45, 2.75) is 13.5 Å². The Kier molecular flexibility index (Phi) is 3.28. The van der Waals surface area contributed by atoms with Gasteiger partial charge in [-0.3, -0.25) is 4.68 Å². The van der Waals surface area contributed by atoms with E-state index in [9.17, 15) is 4.39 Å². The summed E-state index contributed by atoms with van der Waals surface area (Å²) in [4.78, 5) is 0. The summed E-state index contributed by atoms with van der Waals surface area (Å²) >= 11 is 0. The van der Waals surface area contributed by atoms with Gasteiger partial charge in [-0.05, 0) is 19.1 Å². The zero-order valence-corrected chi connectivity index (χ0v) is 10.2. The molecule has 2 rings (SSSR count). The summed E-state index contributed by atoms with van der Waals surface area (Å²) in [5.41, 5.74) is 2.46. The van der Waals surface area contributed by atoms with Crippen molar-refractivity contribution in [3.8, 4) is 6.07 Å². The van der Waals surface area contributed by atoms with Crippen LogP contribution in [-0.4, -0.2) is 9.78 Å². The monoisotopic (exact) mass is 244 g/mol. The molecule has 0 atom stereocenters. The Labute approximate surface area is 105 Å². The number of benzene rings is 1. The number of nitrogens with one attached hydrogen (secondary N) is 1. The van der Waals surface area contributed by atoms with E-state index >= 15 is 0 Å². The Morgan fingerprint density at radius 3 is 2.89 bits per heavy atom. The number of aryl methyl sites for hydroxylation is 1. The van der Waals surface area contributed by atoms with E-state index < -0.39 is 0 Å². The van der Waals surface area contributed by atoms with Crippen molar-refractivity contribution in [1.82, 2.24) is 9.78 Å². The predicted octanol–water partition coefficient (Wildman–Crippen LogP) is 2.35. The molecule has 0 unspecified atom stereocenters. The van der Waals surface area contributed by atoms with Crippen LogP contribution in [0.15, 0.2) is 24.5 Å². The number of anilines is 1. The molecule has 0 saturated heterocycles. The van der Waals surface area contributed by atoms with Gasteiger partial charge in [0.05, 0.1) is 17.8 Å². The molecule has 1 N–H and O–H groups in total. The second-order valence-electron chi connectivity index (χ2n) is 4.12. The van der Waals surface area contributed by atoms with E-state index in [4.69, 9.17) is 5.26 Å². The van der Waals surface area contributed by atoms with Crippen LogP contribution >= 0.6 is 0 Å². The quantitative estimate of drug-likeness (QED) is 0.901. The Morgan fingerprint density at radius 2 is 2.28 bits per heavy atom. The van der Waals surface area contributed by atoms with Crippen LogP contribution in [0, 0.1) is 24.1 Å². The van der Waals surface area contributed by atoms with E-state index in [1.165, 1.54) is 6.07 Å². The van der Waals surface area contributed by atoms with Crippen molar-refractivity contribution in [2.24, 2.45) is 7.05 Å². The fourth-order valence-electron chi connectivity index (χ4n) is 1.69. The minimum Gasteiger partial charge on any atom is -0.381 e. The number of hydrogen-bond acceptors (Lipinski definition) is 3. The summed E-state index contributed by atoms with van der Waals surface area (Å²) < 4.78 is 15.3. The molecule has 0 fully saturated rings. The zero-order chi connectivity index (χ0) is 13.1. The molecule has 5 heteroatoms. The summed E-state index contributed by atoms with van der Waals surface area (Å²) in [6, 6.07) is 4.83. The molecule has 0 aliphatic heterocycles. The number of hydrogen-bond donors (Lipinski definition) is 1. The van der Waals surface area contributed by atoms with E-state index in [-0.39, 0.29) is 5.82 Å². The lowest BCUT2D eigenvalue weighted by Crippen LogP contribution is -2.02. The number of halogens is 1. The fourth-order valence-corrected chi connectivity index (χ4v) is 1.69. The average molecular weight is 244 g/mol. The summed E-state index contributed by atoms with van der Waals surface area (Å²) in [5.74, 6) is -0.372. The Bertz CT molecular complexity index is 610. The third-order valence-corrected chi connectivity index (χ3v) is 2.71. The molecule has 92 valence electrons. The molecule has 1 heterocycles. The second kappa shape index (κ2) is 4.88. The SMILES string of the molecule is Cc1c(F)cc(C#N)cc1NCc1cnn(C)c1. The number of rotatable bonds is 3. The van der Waals surface area contributed by atoms with Gasteiger partial charge in [0.15, 0.2) is 0 Å². The molecule has 0 spiro atoms. The van der Waals surface area contributed by atoms with E-state index in [2.05, 4.69) is 10.4 Å². The lowest BCUT2D eigenvalue weighted by Gasteiger charge is -2.09. The van der Waals surface area contributed by atoms with Crippen LogP contribution in [0.4, 0.5) is 10.1 Å². The molecule has 0 amide bonds. The van der Waals surface area contributed by atoms with Crippen LogP contribution < -0.4 is 5.32 Å². The van der Waals surface area contributed by atoms with Gasteiger partial charge in [0, 0.05) is 36.6 Å². The lowest BCUT2D eigenvalue weighted by atomic mass is 10.1. The molecule has 1 aromatic carbocycles. The largest absolute Gasteiger partial charge is 0.381 e. The van der Waals surface area contributed by atoms with Crippen molar-refractivity contribution < 1.29 is 4.39 Å². The van der Waals surface area contributed by atoms with Crippen LogP contribution in [0.3, 0.4) is 0 Å². The maximum Gasteiger partial charge on any atom is 0.129 e. The first-order valence-corrected chi connectivity index (χ1v) is 5.52. The van der Waals surface area contributed by atoms with Gasteiger partial charge in [0.25, 0.3) is 0 Å². The molecule has 18 heavy (non-hydrogen) atoms. The Hall–Kier alpha value is -2.35. The normalized spacial score (nSPS) is 10.1. The van der Waals surface area contributed by atoms with Crippen LogP contribution in [0.25, 0.3) is 0 Å². The highest BCUT2D eigenvalue weighted by Crippen LogP contribution is 2.21. The summed E-state index contributed by atoms with van der Waals surface area (Å²) in [6.07, 6.45) is 3.62. The molecule has 0 radical (unpaired) electrons. The van der Waals surface area contributed by atoms with E-state index in [0.717, 1.165) is 5.56 Å². The van der Waals surface area contributed by atoms with Crippen molar-refractivity contribution in [2.75, 3.05) is 5.32 Å². The number of nitrogens with zero attached hydrogens (tertiary/aromatic N) is 3. The molecular formula is C13H13FN4. The Morgan fingerprint density at radius 1 is 1.50 bits per heavy atom. The zero-order valence-electron chi connectivity index (χ0n) is 10.2. The van der Waals surface area contributed by atoms with Crippen molar-refractivity contribution in [3.05, 3.63) is 47.0 Å². The molecule has 0 bridgehead atoms. The van der Waals surface area contributed by atoms with Gasteiger partial charge in [-0.2, -0.15) is 10.4 Å². The standard InChI is InChI=1S/C13H13FN4/c1-9-12(14)3-10(5-15)4-13(9)16-6-11-7-17-18(2)8-11/h3-4,7-8,16H,6H2,1-2H3. The van der Waals surface area contributed by atoms with Gasteiger partial charge in [-0.1, -0.05) is 0 Å². The highest BCUT2D eigenvalue weighted by molar-refractivity contribution is 5.56. The van der Waals surface area contributed by atoms with Crippen LogP contribution in [0.1, 0.15) is 16.7 Å². The minimum absolute atomic E-state index is 0.312. The molecular weight excluding hydrogens is 231 g/mol. The van der Waals surface area contributed by atoms with Gasteiger partial charge < -0.3 is 5.32 Å². The van der Waals surface area contributed by atoms with Crippen molar-refractivity contribution in [1.29, 1.82) is 5.26 Å². The first-order valence-electron chi connectivity index (χ1n) is 5.52. The number of aromatic nitrogens is 2. The van der Waals surface area contributed by atoms with Crippen molar-refractivity contribution >= 4 is 5.69 Å². The Balaban J connectivity index is 2.19. The fraction of sp³-hybridized carbons (Fsp3) is 0.231. The molecule has 0 aliphatic rings. The second-order valence-corrected chi connectivity index (χ2v) is 4.12. The average Bonchev–Trinajstić information content (AvgIpc) is 2.77. The van der Waals surface area contributed by atoms with Crippen LogP contribution in [0.2, 0.25) is 0 Å². The molecule has 1 aromatic heterocycles. The first kappa shape index (κ1) is 12.1. The highest BCUT2D eigenvalue weighted by Gasteiger charge is 2.07.